The van der Waals surface area contributed by atoms with Crippen molar-refractivity contribution in [3.05, 3.63) is 77.5 Å². The molecule has 25 heavy (non-hydrogen) atoms. The first-order valence-corrected chi connectivity index (χ1v) is 8.38. The second kappa shape index (κ2) is 6.51. The number of aryl methyl sites for hydroxylation is 2. The van der Waals surface area contributed by atoms with E-state index in [2.05, 4.69) is 16.1 Å². The molecule has 126 valence electrons. The first kappa shape index (κ1) is 15.6. The van der Waals surface area contributed by atoms with Crippen LogP contribution in [0.2, 0.25) is 0 Å². The van der Waals surface area contributed by atoms with E-state index < -0.39 is 0 Å². The number of hydrogen-bond acceptors (Lipinski definition) is 2. The molecule has 1 aliphatic rings. The quantitative estimate of drug-likeness (QED) is 0.792. The van der Waals surface area contributed by atoms with Gasteiger partial charge >= 0.3 is 0 Å². The maximum Gasteiger partial charge on any atom is 0.251 e. The zero-order valence-corrected chi connectivity index (χ0v) is 13.7. The standard InChI is InChI=1S/C20H18FN3O/c21-17-8-6-15(7-9-17)20(25)22-12-14-3-1-4-16(11-14)18-13-24-10-2-5-19(24)23-18/h1,3-4,6-9,11,13H,2,5,10,12H2,(H,22,25). The van der Waals surface area contributed by atoms with Crippen LogP contribution in [0.4, 0.5) is 4.39 Å². The number of nitrogens with zero attached hydrogens (tertiary/aromatic N) is 2. The smallest absolute Gasteiger partial charge is 0.251 e. The van der Waals surface area contributed by atoms with Crippen molar-refractivity contribution >= 4 is 5.91 Å². The molecule has 1 amide bonds. The van der Waals surface area contributed by atoms with Gasteiger partial charge in [0, 0.05) is 36.8 Å². The van der Waals surface area contributed by atoms with Crippen molar-refractivity contribution in [3.8, 4) is 11.3 Å². The Kier molecular flexibility index (Phi) is 4.06. The Morgan fingerprint density at radius 3 is 2.84 bits per heavy atom. The Labute approximate surface area is 145 Å². The number of fused-ring (bicyclic) bond motifs is 1. The summed E-state index contributed by atoms with van der Waals surface area (Å²) in [6, 6.07) is 13.5. The fraction of sp³-hybridized carbons (Fsp3) is 0.200. The number of benzene rings is 2. The van der Waals surface area contributed by atoms with Crippen molar-refractivity contribution in [2.75, 3.05) is 0 Å². The van der Waals surface area contributed by atoms with Gasteiger partial charge in [-0.1, -0.05) is 18.2 Å². The number of hydrogen-bond donors (Lipinski definition) is 1. The van der Waals surface area contributed by atoms with Crippen LogP contribution in [0.3, 0.4) is 0 Å². The van der Waals surface area contributed by atoms with E-state index in [0.717, 1.165) is 42.0 Å². The van der Waals surface area contributed by atoms with Gasteiger partial charge in [-0.15, -0.1) is 0 Å². The Morgan fingerprint density at radius 1 is 1.20 bits per heavy atom. The SMILES string of the molecule is O=C(NCc1cccc(-c2cn3c(n2)CCC3)c1)c1ccc(F)cc1. The number of imidazole rings is 1. The van der Waals surface area contributed by atoms with Crippen molar-refractivity contribution in [2.24, 2.45) is 0 Å². The van der Waals surface area contributed by atoms with Gasteiger partial charge in [-0.05, 0) is 42.3 Å². The number of carbonyl (C=O) groups excluding carboxylic acids is 1. The second-order valence-electron chi connectivity index (χ2n) is 6.23. The van der Waals surface area contributed by atoms with Crippen molar-refractivity contribution < 1.29 is 9.18 Å². The molecule has 0 spiro atoms. The molecule has 2 aromatic carbocycles. The topological polar surface area (TPSA) is 46.9 Å². The highest BCUT2D eigenvalue weighted by Gasteiger charge is 2.14. The van der Waals surface area contributed by atoms with Crippen LogP contribution in [-0.2, 0) is 19.5 Å². The molecule has 1 aromatic heterocycles. The molecule has 4 nitrogen and oxygen atoms in total. The molecule has 0 radical (unpaired) electrons. The Morgan fingerprint density at radius 2 is 2.04 bits per heavy atom. The summed E-state index contributed by atoms with van der Waals surface area (Å²) in [5.41, 5.74) is 3.47. The van der Waals surface area contributed by atoms with Crippen LogP contribution in [0.15, 0.2) is 54.7 Å². The molecule has 0 bridgehead atoms. The first-order chi connectivity index (χ1) is 12.2. The lowest BCUT2D eigenvalue weighted by Gasteiger charge is -2.07. The highest BCUT2D eigenvalue weighted by Crippen LogP contribution is 2.23. The molecular weight excluding hydrogens is 317 g/mol. The largest absolute Gasteiger partial charge is 0.348 e. The third kappa shape index (κ3) is 3.31. The minimum absolute atomic E-state index is 0.216. The van der Waals surface area contributed by atoms with Gasteiger partial charge in [0.2, 0.25) is 0 Å². The summed E-state index contributed by atoms with van der Waals surface area (Å²) in [5.74, 6) is 0.576. The lowest BCUT2D eigenvalue weighted by Crippen LogP contribution is -2.22. The summed E-state index contributed by atoms with van der Waals surface area (Å²) in [6.45, 7) is 1.45. The predicted octanol–water partition coefficient (Wildman–Crippen LogP) is 3.57. The summed E-state index contributed by atoms with van der Waals surface area (Å²) >= 11 is 0. The molecule has 2 heterocycles. The molecular formula is C20H18FN3O. The van der Waals surface area contributed by atoms with Crippen LogP contribution in [0.25, 0.3) is 11.3 Å². The van der Waals surface area contributed by atoms with E-state index in [4.69, 9.17) is 4.98 Å². The monoisotopic (exact) mass is 335 g/mol. The maximum absolute atomic E-state index is 12.9. The minimum Gasteiger partial charge on any atom is -0.348 e. The Balaban J connectivity index is 1.46. The van der Waals surface area contributed by atoms with Gasteiger partial charge in [0.25, 0.3) is 5.91 Å². The van der Waals surface area contributed by atoms with E-state index >= 15 is 0 Å². The van der Waals surface area contributed by atoms with E-state index in [0.29, 0.717) is 12.1 Å². The summed E-state index contributed by atoms with van der Waals surface area (Å²) in [7, 11) is 0. The van der Waals surface area contributed by atoms with E-state index in [-0.39, 0.29) is 11.7 Å². The summed E-state index contributed by atoms with van der Waals surface area (Å²) in [5, 5.41) is 2.87. The molecule has 0 unspecified atom stereocenters. The van der Waals surface area contributed by atoms with Gasteiger partial charge in [-0.2, -0.15) is 0 Å². The van der Waals surface area contributed by atoms with Crippen molar-refractivity contribution in [1.82, 2.24) is 14.9 Å². The van der Waals surface area contributed by atoms with Gasteiger partial charge in [-0.25, -0.2) is 9.37 Å². The molecule has 0 saturated carbocycles. The van der Waals surface area contributed by atoms with Crippen LogP contribution >= 0.6 is 0 Å². The minimum atomic E-state index is -0.351. The molecule has 0 fully saturated rings. The van der Waals surface area contributed by atoms with Crippen molar-refractivity contribution in [3.63, 3.8) is 0 Å². The van der Waals surface area contributed by atoms with Gasteiger partial charge in [0.15, 0.2) is 0 Å². The van der Waals surface area contributed by atoms with Gasteiger partial charge in [0.05, 0.1) is 5.69 Å². The number of halogens is 1. The van der Waals surface area contributed by atoms with Gasteiger partial charge in [-0.3, -0.25) is 4.79 Å². The summed E-state index contributed by atoms with van der Waals surface area (Å²) in [4.78, 5) is 16.8. The summed E-state index contributed by atoms with van der Waals surface area (Å²) in [6.07, 6.45) is 4.30. The Bertz CT molecular complexity index is 893. The van der Waals surface area contributed by atoms with Crippen molar-refractivity contribution in [1.29, 1.82) is 0 Å². The highest BCUT2D eigenvalue weighted by molar-refractivity contribution is 5.94. The van der Waals surface area contributed by atoms with Crippen LogP contribution < -0.4 is 5.32 Å². The number of amides is 1. The number of carbonyl (C=O) groups is 1. The number of rotatable bonds is 4. The number of aromatic nitrogens is 2. The van der Waals surface area contributed by atoms with Crippen LogP contribution in [0.1, 0.15) is 28.2 Å². The lowest BCUT2D eigenvalue weighted by atomic mass is 10.1. The Hall–Kier alpha value is -2.95. The fourth-order valence-electron chi connectivity index (χ4n) is 3.12. The first-order valence-electron chi connectivity index (χ1n) is 8.38. The van der Waals surface area contributed by atoms with Crippen LogP contribution in [0.5, 0.6) is 0 Å². The predicted molar refractivity (Wildman–Crippen MR) is 93.6 cm³/mol. The molecule has 3 aromatic rings. The lowest BCUT2D eigenvalue weighted by molar-refractivity contribution is 0.0951. The zero-order valence-electron chi connectivity index (χ0n) is 13.7. The van der Waals surface area contributed by atoms with E-state index in [1.807, 2.05) is 24.3 Å². The molecule has 0 atom stereocenters. The van der Waals surface area contributed by atoms with E-state index in [9.17, 15) is 9.18 Å². The van der Waals surface area contributed by atoms with Crippen LogP contribution in [-0.4, -0.2) is 15.5 Å². The second-order valence-corrected chi connectivity index (χ2v) is 6.23. The normalized spacial score (nSPS) is 12.8. The van der Waals surface area contributed by atoms with E-state index in [1.165, 1.54) is 24.3 Å². The molecule has 0 saturated heterocycles. The van der Waals surface area contributed by atoms with E-state index in [1.54, 1.807) is 0 Å². The molecule has 5 heteroatoms. The highest BCUT2D eigenvalue weighted by atomic mass is 19.1. The zero-order chi connectivity index (χ0) is 17.2. The van der Waals surface area contributed by atoms with Gasteiger partial charge in [0.1, 0.15) is 11.6 Å². The average Bonchev–Trinajstić information content (AvgIpc) is 3.22. The third-order valence-electron chi connectivity index (χ3n) is 4.44. The molecule has 0 aliphatic carbocycles. The van der Waals surface area contributed by atoms with Gasteiger partial charge < -0.3 is 9.88 Å². The summed E-state index contributed by atoms with van der Waals surface area (Å²) < 4.78 is 15.1. The molecule has 1 aliphatic heterocycles. The van der Waals surface area contributed by atoms with Crippen molar-refractivity contribution in [2.45, 2.75) is 25.9 Å². The maximum atomic E-state index is 12.9. The molecule has 4 rings (SSSR count). The molecule has 1 N–H and O–H groups in total. The average molecular weight is 335 g/mol. The van der Waals surface area contributed by atoms with Crippen LogP contribution in [0, 0.1) is 5.82 Å². The fourth-order valence-corrected chi connectivity index (χ4v) is 3.12. The number of nitrogens with one attached hydrogen (secondary N) is 1. The third-order valence-corrected chi connectivity index (χ3v) is 4.44.